The first-order valence-electron chi connectivity index (χ1n) is 4.63. The summed E-state index contributed by atoms with van der Waals surface area (Å²) in [5.74, 6) is 0.558. The van der Waals surface area contributed by atoms with Gasteiger partial charge in [-0.1, -0.05) is 19.4 Å². The zero-order valence-corrected chi connectivity index (χ0v) is 8.48. The van der Waals surface area contributed by atoms with Crippen molar-refractivity contribution in [3.05, 3.63) is 23.0 Å². The molecule has 1 nitrogen and oxygen atoms in total. The average molecular weight is 166 g/mol. The van der Waals surface area contributed by atoms with Gasteiger partial charge in [-0.15, -0.1) is 0 Å². The molecule has 0 aromatic carbocycles. The summed E-state index contributed by atoms with van der Waals surface area (Å²) in [6.45, 7) is 9.56. The molecule has 0 aromatic heterocycles. The quantitative estimate of drug-likeness (QED) is 0.543. The highest BCUT2D eigenvalue weighted by molar-refractivity contribution is 5.24. The van der Waals surface area contributed by atoms with Gasteiger partial charge in [-0.05, 0) is 31.4 Å². The number of ether oxygens (including phenoxy) is 1. The van der Waals surface area contributed by atoms with Crippen LogP contribution in [0.4, 0.5) is 0 Å². The Morgan fingerprint density at radius 2 is 2.17 bits per heavy atom. The van der Waals surface area contributed by atoms with Crippen LogP contribution in [0.3, 0.4) is 0 Å². The summed E-state index contributed by atoms with van der Waals surface area (Å²) >= 11 is 0. The monoisotopic (exact) mass is 166 g/mol. The smallest absolute Gasteiger partial charge is 0.109 e. The van der Waals surface area contributed by atoms with E-state index in [1.54, 1.807) is 0 Å². The Hall–Kier alpha value is -0.720. The second-order valence-corrected chi connectivity index (χ2v) is 3.53. The number of allylic oxidation sites excluding steroid dienone is 2. The molecule has 1 aliphatic heterocycles. The Balaban J connectivity index is 2.92. The molecule has 0 saturated heterocycles. The van der Waals surface area contributed by atoms with Gasteiger partial charge < -0.3 is 4.74 Å². The van der Waals surface area contributed by atoms with Gasteiger partial charge in [0.15, 0.2) is 0 Å². The van der Waals surface area contributed by atoms with Crippen LogP contribution < -0.4 is 0 Å². The van der Waals surface area contributed by atoms with Crippen LogP contribution in [0.2, 0.25) is 0 Å². The highest BCUT2D eigenvalue weighted by atomic mass is 16.5. The van der Waals surface area contributed by atoms with Crippen molar-refractivity contribution in [3.8, 4) is 0 Å². The van der Waals surface area contributed by atoms with Crippen molar-refractivity contribution < 1.29 is 4.74 Å². The maximum Gasteiger partial charge on any atom is 0.109 e. The molecule has 68 valence electrons. The fourth-order valence-corrected chi connectivity index (χ4v) is 1.52. The van der Waals surface area contributed by atoms with Gasteiger partial charge in [0.1, 0.15) is 6.61 Å². The molecule has 0 N–H and O–H groups in total. The van der Waals surface area contributed by atoms with Crippen molar-refractivity contribution in [1.82, 2.24) is 0 Å². The normalized spacial score (nSPS) is 24.7. The fraction of sp³-hybridized carbons (Fsp3) is 0.636. The molecule has 0 saturated carbocycles. The molecular formula is C11H18O. The lowest BCUT2D eigenvalue weighted by Crippen LogP contribution is -2.00. The molecule has 0 amide bonds. The maximum atomic E-state index is 5.43. The van der Waals surface area contributed by atoms with Gasteiger partial charge >= 0.3 is 0 Å². The molecule has 0 fully saturated rings. The van der Waals surface area contributed by atoms with Gasteiger partial charge in [0.2, 0.25) is 0 Å². The van der Waals surface area contributed by atoms with Gasteiger partial charge in [-0.25, -0.2) is 0 Å². The van der Waals surface area contributed by atoms with Crippen molar-refractivity contribution in [2.45, 2.75) is 34.1 Å². The standard InChI is InChI=1S/C11H18O/c1-5-11-7-12-6-8(2)9(3)10(11)4/h6,9H,5,7H2,1-4H3. The summed E-state index contributed by atoms with van der Waals surface area (Å²) in [4.78, 5) is 0. The second kappa shape index (κ2) is 3.79. The van der Waals surface area contributed by atoms with Crippen molar-refractivity contribution in [1.29, 1.82) is 0 Å². The van der Waals surface area contributed by atoms with Crippen LogP contribution in [0.25, 0.3) is 0 Å². The molecule has 12 heavy (non-hydrogen) atoms. The molecule has 0 aliphatic carbocycles. The minimum atomic E-state index is 0.558. The predicted molar refractivity (Wildman–Crippen MR) is 51.9 cm³/mol. The Labute approximate surface area is 75.1 Å². The molecule has 0 aromatic rings. The van der Waals surface area contributed by atoms with Gasteiger partial charge in [0.05, 0.1) is 6.26 Å². The second-order valence-electron chi connectivity index (χ2n) is 3.53. The molecule has 1 unspecified atom stereocenters. The summed E-state index contributed by atoms with van der Waals surface area (Å²) in [7, 11) is 0. The molecular weight excluding hydrogens is 148 g/mol. The lowest BCUT2D eigenvalue weighted by molar-refractivity contribution is 0.276. The van der Waals surface area contributed by atoms with Crippen LogP contribution in [0.5, 0.6) is 0 Å². The van der Waals surface area contributed by atoms with E-state index in [4.69, 9.17) is 4.74 Å². The van der Waals surface area contributed by atoms with Crippen LogP contribution in [0.1, 0.15) is 34.1 Å². The van der Waals surface area contributed by atoms with Gasteiger partial charge in [-0.3, -0.25) is 0 Å². The van der Waals surface area contributed by atoms with Crippen LogP contribution >= 0.6 is 0 Å². The summed E-state index contributed by atoms with van der Waals surface area (Å²) in [5, 5.41) is 0. The van der Waals surface area contributed by atoms with Crippen molar-refractivity contribution in [2.24, 2.45) is 5.92 Å². The molecule has 1 rings (SSSR count). The van der Waals surface area contributed by atoms with E-state index in [-0.39, 0.29) is 0 Å². The Morgan fingerprint density at radius 1 is 1.50 bits per heavy atom. The number of hydrogen-bond donors (Lipinski definition) is 0. The Kier molecular flexibility index (Phi) is 2.96. The van der Waals surface area contributed by atoms with E-state index in [2.05, 4.69) is 27.7 Å². The molecule has 0 spiro atoms. The number of rotatable bonds is 1. The number of hydrogen-bond acceptors (Lipinski definition) is 1. The Bertz CT molecular complexity index is 223. The van der Waals surface area contributed by atoms with Crippen LogP contribution in [0, 0.1) is 5.92 Å². The highest BCUT2D eigenvalue weighted by Gasteiger charge is 2.14. The summed E-state index contributed by atoms with van der Waals surface area (Å²) in [5.41, 5.74) is 4.27. The SMILES string of the molecule is CCC1=C(C)C(C)C(C)=COC1. The maximum absolute atomic E-state index is 5.43. The lowest BCUT2D eigenvalue weighted by atomic mass is 9.92. The molecule has 1 atom stereocenters. The highest BCUT2D eigenvalue weighted by Crippen LogP contribution is 2.26. The van der Waals surface area contributed by atoms with E-state index >= 15 is 0 Å². The summed E-state index contributed by atoms with van der Waals surface area (Å²) in [6.07, 6.45) is 3.01. The van der Waals surface area contributed by atoms with E-state index < -0.39 is 0 Å². The van der Waals surface area contributed by atoms with E-state index in [1.807, 2.05) is 6.26 Å². The molecule has 1 heteroatoms. The summed E-state index contributed by atoms with van der Waals surface area (Å²) < 4.78 is 5.43. The fourth-order valence-electron chi connectivity index (χ4n) is 1.52. The molecule has 0 radical (unpaired) electrons. The molecule has 1 aliphatic rings. The average Bonchev–Trinajstić information content (AvgIpc) is 2.19. The van der Waals surface area contributed by atoms with Gasteiger partial charge in [0.25, 0.3) is 0 Å². The van der Waals surface area contributed by atoms with Crippen LogP contribution in [0.15, 0.2) is 23.0 Å². The van der Waals surface area contributed by atoms with E-state index in [9.17, 15) is 0 Å². The third-order valence-corrected chi connectivity index (χ3v) is 2.84. The van der Waals surface area contributed by atoms with Crippen molar-refractivity contribution in [2.75, 3.05) is 6.61 Å². The zero-order chi connectivity index (χ0) is 9.14. The van der Waals surface area contributed by atoms with Crippen molar-refractivity contribution in [3.63, 3.8) is 0 Å². The lowest BCUT2D eigenvalue weighted by Gasteiger charge is -2.12. The van der Waals surface area contributed by atoms with Crippen LogP contribution in [-0.2, 0) is 4.74 Å². The third-order valence-electron chi connectivity index (χ3n) is 2.84. The van der Waals surface area contributed by atoms with Gasteiger partial charge in [0, 0.05) is 5.92 Å². The minimum absolute atomic E-state index is 0.558. The van der Waals surface area contributed by atoms with Gasteiger partial charge in [-0.2, -0.15) is 0 Å². The van der Waals surface area contributed by atoms with E-state index in [0.29, 0.717) is 5.92 Å². The predicted octanol–water partition coefficient (Wildman–Crippen LogP) is 3.28. The molecule has 1 heterocycles. The first-order valence-corrected chi connectivity index (χ1v) is 4.63. The zero-order valence-electron chi connectivity index (χ0n) is 8.48. The third kappa shape index (κ3) is 1.71. The molecule has 0 bridgehead atoms. The van der Waals surface area contributed by atoms with E-state index in [1.165, 1.54) is 16.7 Å². The minimum Gasteiger partial charge on any atom is -0.497 e. The first kappa shape index (κ1) is 9.37. The Morgan fingerprint density at radius 3 is 2.75 bits per heavy atom. The first-order chi connectivity index (χ1) is 5.66. The topological polar surface area (TPSA) is 9.23 Å². The van der Waals surface area contributed by atoms with E-state index in [0.717, 1.165) is 13.0 Å². The summed E-state index contributed by atoms with van der Waals surface area (Å²) in [6, 6.07) is 0. The largest absolute Gasteiger partial charge is 0.497 e. The van der Waals surface area contributed by atoms with Crippen molar-refractivity contribution >= 4 is 0 Å². The van der Waals surface area contributed by atoms with Crippen LogP contribution in [-0.4, -0.2) is 6.61 Å².